The second-order valence-electron chi connectivity index (χ2n) is 5.06. The van der Waals surface area contributed by atoms with Crippen LogP contribution in [-0.2, 0) is 0 Å². The number of carbonyl (C=O) groups is 1. The van der Waals surface area contributed by atoms with Crippen molar-refractivity contribution in [2.75, 3.05) is 18.4 Å². The molecule has 4 heteroatoms. The van der Waals surface area contributed by atoms with Gasteiger partial charge in [-0.2, -0.15) is 0 Å². The molecule has 0 radical (unpaired) electrons. The summed E-state index contributed by atoms with van der Waals surface area (Å²) in [6, 6.07) is 7.94. The molecule has 1 aliphatic heterocycles. The molecule has 0 bridgehead atoms. The Morgan fingerprint density at radius 2 is 2.33 bits per heavy atom. The summed E-state index contributed by atoms with van der Waals surface area (Å²) in [5.41, 5.74) is 7.73. The number of rotatable bonds is 2. The Balaban J connectivity index is 2.04. The molecule has 2 atom stereocenters. The highest BCUT2D eigenvalue weighted by molar-refractivity contribution is 5.89. The van der Waals surface area contributed by atoms with Gasteiger partial charge in [-0.25, -0.2) is 4.79 Å². The monoisotopic (exact) mass is 247 g/mol. The summed E-state index contributed by atoms with van der Waals surface area (Å²) in [6.45, 7) is 5.48. The Kier molecular flexibility index (Phi) is 3.87. The van der Waals surface area contributed by atoms with Gasteiger partial charge in [-0.15, -0.1) is 0 Å². The SMILES string of the molecule is Cc1cccc(NC(=O)N2CCC(C)C2CN)c1. The van der Waals surface area contributed by atoms with Crippen LogP contribution >= 0.6 is 0 Å². The van der Waals surface area contributed by atoms with Gasteiger partial charge in [-0.1, -0.05) is 19.1 Å². The largest absolute Gasteiger partial charge is 0.328 e. The number of amides is 2. The third-order valence-corrected chi connectivity index (χ3v) is 3.65. The maximum absolute atomic E-state index is 12.2. The molecule has 0 spiro atoms. The average Bonchev–Trinajstić information content (AvgIpc) is 2.70. The van der Waals surface area contributed by atoms with Gasteiger partial charge >= 0.3 is 6.03 Å². The summed E-state index contributed by atoms with van der Waals surface area (Å²) in [5, 5.41) is 2.94. The Bertz CT molecular complexity index is 433. The molecule has 3 N–H and O–H groups in total. The lowest BCUT2D eigenvalue weighted by atomic mass is 10.0. The number of nitrogens with two attached hydrogens (primary N) is 1. The van der Waals surface area contributed by atoms with Gasteiger partial charge in [0.25, 0.3) is 0 Å². The van der Waals surface area contributed by atoms with Gasteiger partial charge in [0.2, 0.25) is 0 Å². The van der Waals surface area contributed by atoms with Crippen LogP contribution in [0.1, 0.15) is 18.9 Å². The standard InChI is InChI=1S/C14H21N3O/c1-10-4-3-5-12(8-10)16-14(18)17-7-6-11(2)13(17)9-15/h3-5,8,11,13H,6-7,9,15H2,1-2H3,(H,16,18). The first-order valence-electron chi connectivity index (χ1n) is 6.46. The molecule has 0 aliphatic carbocycles. The van der Waals surface area contributed by atoms with E-state index in [4.69, 9.17) is 5.73 Å². The number of nitrogens with one attached hydrogen (secondary N) is 1. The summed E-state index contributed by atoms with van der Waals surface area (Å²) in [4.78, 5) is 14.1. The van der Waals surface area contributed by atoms with Crippen molar-refractivity contribution < 1.29 is 4.79 Å². The predicted molar refractivity (Wildman–Crippen MR) is 73.5 cm³/mol. The zero-order valence-corrected chi connectivity index (χ0v) is 11.0. The first-order valence-corrected chi connectivity index (χ1v) is 6.46. The number of urea groups is 1. The lowest BCUT2D eigenvalue weighted by Crippen LogP contribution is -2.44. The molecule has 18 heavy (non-hydrogen) atoms. The van der Waals surface area contributed by atoms with Crippen molar-refractivity contribution in [3.05, 3.63) is 29.8 Å². The average molecular weight is 247 g/mol. The molecule has 1 fully saturated rings. The molecular formula is C14H21N3O. The quantitative estimate of drug-likeness (QED) is 0.841. The fraction of sp³-hybridized carbons (Fsp3) is 0.500. The molecule has 0 saturated carbocycles. The van der Waals surface area contributed by atoms with Crippen LogP contribution < -0.4 is 11.1 Å². The van der Waals surface area contributed by atoms with E-state index in [1.54, 1.807) is 0 Å². The van der Waals surface area contributed by atoms with Gasteiger partial charge in [-0.05, 0) is 37.0 Å². The maximum Gasteiger partial charge on any atom is 0.322 e. The summed E-state index contributed by atoms with van der Waals surface area (Å²) >= 11 is 0. The zero-order valence-electron chi connectivity index (χ0n) is 11.0. The number of hydrogen-bond acceptors (Lipinski definition) is 2. The third kappa shape index (κ3) is 2.64. The molecule has 2 rings (SSSR count). The Morgan fingerprint density at radius 3 is 3.00 bits per heavy atom. The number of benzene rings is 1. The highest BCUT2D eigenvalue weighted by Crippen LogP contribution is 2.24. The minimum absolute atomic E-state index is 0.0413. The van der Waals surface area contributed by atoms with Crippen LogP contribution in [0.5, 0.6) is 0 Å². The van der Waals surface area contributed by atoms with Crippen molar-refractivity contribution in [1.82, 2.24) is 4.90 Å². The van der Waals surface area contributed by atoms with E-state index < -0.39 is 0 Å². The van der Waals surface area contributed by atoms with Crippen molar-refractivity contribution in [3.8, 4) is 0 Å². The predicted octanol–water partition coefficient (Wildman–Crippen LogP) is 2.20. The van der Waals surface area contributed by atoms with E-state index in [2.05, 4.69) is 12.2 Å². The number of hydrogen-bond donors (Lipinski definition) is 2. The molecule has 2 amide bonds. The first-order chi connectivity index (χ1) is 8.61. The molecule has 1 aliphatic rings. The number of carbonyl (C=O) groups excluding carboxylic acids is 1. The maximum atomic E-state index is 12.2. The van der Waals surface area contributed by atoms with Crippen molar-refractivity contribution in [2.45, 2.75) is 26.3 Å². The van der Waals surface area contributed by atoms with Gasteiger partial charge in [0.05, 0.1) is 0 Å². The molecule has 1 aromatic rings. The third-order valence-electron chi connectivity index (χ3n) is 3.65. The summed E-state index contributed by atoms with van der Waals surface area (Å²) < 4.78 is 0. The smallest absolute Gasteiger partial charge is 0.322 e. The highest BCUT2D eigenvalue weighted by Gasteiger charge is 2.33. The Labute approximate surface area is 108 Å². The molecule has 1 heterocycles. The van der Waals surface area contributed by atoms with Gasteiger partial charge in [0.1, 0.15) is 0 Å². The lowest BCUT2D eigenvalue weighted by Gasteiger charge is -2.26. The first kappa shape index (κ1) is 12.9. The van der Waals surface area contributed by atoms with Crippen LogP contribution in [0.3, 0.4) is 0 Å². The van der Waals surface area contributed by atoms with E-state index >= 15 is 0 Å². The van der Waals surface area contributed by atoms with Crippen LogP contribution in [-0.4, -0.2) is 30.1 Å². The van der Waals surface area contributed by atoms with Gasteiger partial charge < -0.3 is 16.0 Å². The normalized spacial score (nSPS) is 23.2. The van der Waals surface area contributed by atoms with Crippen LogP contribution in [0.25, 0.3) is 0 Å². The van der Waals surface area contributed by atoms with Crippen LogP contribution in [0, 0.1) is 12.8 Å². The second kappa shape index (κ2) is 5.40. The van der Waals surface area contributed by atoms with Gasteiger partial charge in [-0.3, -0.25) is 0 Å². The van der Waals surface area contributed by atoms with Crippen molar-refractivity contribution in [1.29, 1.82) is 0 Å². The highest BCUT2D eigenvalue weighted by atomic mass is 16.2. The van der Waals surface area contributed by atoms with Crippen molar-refractivity contribution in [3.63, 3.8) is 0 Å². The van der Waals surface area contributed by atoms with Crippen molar-refractivity contribution in [2.24, 2.45) is 11.7 Å². The minimum Gasteiger partial charge on any atom is -0.328 e. The number of anilines is 1. The second-order valence-corrected chi connectivity index (χ2v) is 5.06. The van der Waals surface area contributed by atoms with Crippen LogP contribution in [0.4, 0.5) is 10.5 Å². The molecule has 2 unspecified atom stereocenters. The zero-order chi connectivity index (χ0) is 13.1. The van der Waals surface area contributed by atoms with Crippen LogP contribution in [0.2, 0.25) is 0 Å². The molecule has 1 aromatic carbocycles. The summed E-state index contributed by atoms with van der Waals surface area (Å²) in [5.74, 6) is 0.484. The van der Waals surface area contributed by atoms with E-state index in [-0.39, 0.29) is 12.1 Å². The van der Waals surface area contributed by atoms with E-state index in [1.165, 1.54) is 0 Å². The molecular weight excluding hydrogens is 226 g/mol. The van der Waals surface area contributed by atoms with E-state index in [0.717, 1.165) is 24.2 Å². The fourth-order valence-corrected chi connectivity index (χ4v) is 2.54. The van der Waals surface area contributed by atoms with Gasteiger partial charge in [0, 0.05) is 24.8 Å². The fourth-order valence-electron chi connectivity index (χ4n) is 2.54. The van der Waals surface area contributed by atoms with E-state index in [9.17, 15) is 4.79 Å². The number of likely N-dealkylation sites (tertiary alicyclic amines) is 1. The molecule has 1 saturated heterocycles. The number of nitrogens with zero attached hydrogens (tertiary/aromatic N) is 1. The van der Waals surface area contributed by atoms with E-state index in [0.29, 0.717) is 12.5 Å². The minimum atomic E-state index is -0.0413. The Hall–Kier alpha value is -1.55. The van der Waals surface area contributed by atoms with Crippen molar-refractivity contribution >= 4 is 11.7 Å². The molecule has 4 nitrogen and oxygen atoms in total. The Morgan fingerprint density at radius 1 is 1.56 bits per heavy atom. The summed E-state index contributed by atoms with van der Waals surface area (Å²) in [7, 11) is 0. The molecule has 0 aromatic heterocycles. The van der Waals surface area contributed by atoms with Crippen LogP contribution in [0.15, 0.2) is 24.3 Å². The topological polar surface area (TPSA) is 58.4 Å². The lowest BCUT2D eigenvalue weighted by molar-refractivity contribution is 0.202. The van der Waals surface area contributed by atoms with E-state index in [1.807, 2.05) is 36.1 Å². The van der Waals surface area contributed by atoms with Gasteiger partial charge in [0.15, 0.2) is 0 Å². The number of aryl methyl sites for hydroxylation is 1. The summed E-state index contributed by atoms with van der Waals surface area (Å²) in [6.07, 6.45) is 1.03. The molecule has 98 valence electrons.